The molecule has 0 atom stereocenters. The number of hydrogen-bond donors (Lipinski definition) is 3. The average molecular weight is 294 g/mol. The molecule has 0 saturated carbocycles. The van der Waals surface area contributed by atoms with Gasteiger partial charge in [0.2, 0.25) is 5.91 Å². The molecule has 0 aromatic heterocycles. The van der Waals surface area contributed by atoms with E-state index in [1.165, 1.54) is 0 Å². The molecule has 116 valence electrons. The Labute approximate surface area is 124 Å². The maximum absolute atomic E-state index is 11.5. The highest BCUT2D eigenvalue weighted by molar-refractivity contribution is 5.94. The number of carbonyl (C=O) groups is 1. The van der Waals surface area contributed by atoms with Crippen LogP contribution in [-0.2, 0) is 20.9 Å². The van der Waals surface area contributed by atoms with Crippen molar-refractivity contribution in [2.75, 3.05) is 39.2 Å². The normalized spacial score (nSPS) is 11.2. The summed E-state index contributed by atoms with van der Waals surface area (Å²) in [6.45, 7) is 1.35. The van der Waals surface area contributed by atoms with E-state index in [1.54, 1.807) is 14.2 Å². The van der Waals surface area contributed by atoms with E-state index in [2.05, 4.69) is 15.6 Å². The highest BCUT2D eigenvalue weighted by Crippen LogP contribution is 2.15. The summed E-state index contributed by atoms with van der Waals surface area (Å²) in [5.74, 6) is -0.0255. The van der Waals surface area contributed by atoms with Crippen LogP contribution < -0.4 is 16.4 Å². The fraction of sp³-hybridized carbons (Fsp3) is 0.429. The lowest BCUT2D eigenvalue weighted by molar-refractivity contribution is -0.119. The number of nitrogens with two attached hydrogens (primary N) is 1. The molecular formula is C14H22N4O3. The number of aliphatic imine (C=N–C) groups is 1. The molecule has 0 unspecified atom stereocenters. The Hall–Kier alpha value is -2.12. The summed E-state index contributed by atoms with van der Waals surface area (Å²) in [4.78, 5) is 15.5. The number of guanidine groups is 1. The first-order valence-corrected chi connectivity index (χ1v) is 6.56. The zero-order valence-corrected chi connectivity index (χ0v) is 12.4. The minimum Gasteiger partial charge on any atom is -0.383 e. The van der Waals surface area contributed by atoms with Crippen LogP contribution in [-0.4, -0.2) is 45.8 Å². The topological polar surface area (TPSA) is 98.0 Å². The lowest BCUT2D eigenvalue weighted by Gasteiger charge is -2.10. The minimum absolute atomic E-state index is 0.0327. The Balaban J connectivity index is 2.50. The Morgan fingerprint density at radius 2 is 2.05 bits per heavy atom. The van der Waals surface area contributed by atoms with Gasteiger partial charge in [0.25, 0.3) is 0 Å². The molecule has 7 heteroatoms. The molecule has 0 aliphatic carbocycles. The Morgan fingerprint density at radius 1 is 1.29 bits per heavy atom. The molecule has 1 amide bonds. The lowest BCUT2D eigenvalue weighted by Crippen LogP contribution is -2.31. The monoisotopic (exact) mass is 294 g/mol. The quantitative estimate of drug-likeness (QED) is 0.364. The second kappa shape index (κ2) is 9.73. The van der Waals surface area contributed by atoms with Crippen molar-refractivity contribution < 1.29 is 14.3 Å². The number of rotatable bonds is 8. The summed E-state index contributed by atoms with van der Waals surface area (Å²) in [5, 5.41) is 5.62. The molecule has 7 nitrogen and oxygen atoms in total. The highest BCUT2D eigenvalue weighted by atomic mass is 16.5. The summed E-state index contributed by atoms with van der Waals surface area (Å²) in [7, 11) is 3.20. The molecule has 0 heterocycles. The number of nitrogens with one attached hydrogen (secondary N) is 2. The van der Waals surface area contributed by atoms with E-state index in [1.807, 2.05) is 24.3 Å². The fourth-order valence-electron chi connectivity index (χ4n) is 1.61. The van der Waals surface area contributed by atoms with Gasteiger partial charge < -0.3 is 25.8 Å². The predicted molar refractivity (Wildman–Crippen MR) is 82.2 cm³/mol. The number of carbonyl (C=O) groups excluding carboxylic acids is 1. The Bertz CT molecular complexity index is 477. The van der Waals surface area contributed by atoms with E-state index in [-0.39, 0.29) is 18.4 Å². The third-order valence-corrected chi connectivity index (χ3v) is 2.60. The number of amides is 1. The van der Waals surface area contributed by atoms with Crippen molar-refractivity contribution in [3.05, 3.63) is 29.8 Å². The molecule has 0 spiro atoms. The summed E-state index contributed by atoms with van der Waals surface area (Å²) in [5.41, 5.74) is 7.53. The van der Waals surface area contributed by atoms with Crippen molar-refractivity contribution in [3.8, 4) is 0 Å². The van der Waals surface area contributed by atoms with Crippen molar-refractivity contribution in [1.82, 2.24) is 5.32 Å². The summed E-state index contributed by atoms with van der Waals surface area (Å²) in [6, 6.07) is 7.59. The molecular weight excluding hydrogens is 272 g/mol. The number of hydrogen-bond acceptors (Lipinski definition) is 4. The van der Waals surface area contributed by atoms with Gasteiger partial charge in [0.05, 0.1) is 13.2 Å². The van der Waals surface area contributed by atoms with Gasteiger partial charge in [0.15, 0.2) is 5.96 Å². The zero-order valence-electron chi connectivity index (χ0n) is 12.4. The van der Waals surface area contributed by atoms with Crippen LogP contribution in [0.25, 0.3) is 0 Å². The van der Waals surface area contributed by atoms with Crippen molar-refractivity contribution in [1.29, 1.82) is 0 Å². The van der Waals surface area contributed by atoms with Crippen LogP contribution in [0.2, 0.25) is 0 Å². The molecule has 21 heavy (non-hydrogen) atoms. The van der Waals surface area contributed by atoms with Crippen molar-refractivity contribution >= 4 is 17.6 Å². The minimum atomic E-state index is -0.207. The number of para-hydroxylation sites is 1. The molecule has 0 bridgehead atoms. The number of ether oxygens (including phenoxy) is 2. The summed E-state index contributed by atoms with van der Waals surface area (Å²) in [6.07, 6.45) is 0. The SMILES string of the molecule is COCCNC(=O)CN=C(N)Nc1ccccc1COC. The third kappa shape index (κ3) is 6.73. The number of benzene rings is 1. The van der Waals surface area contributed by atoms with Crippen molar-refractivity contribution in [2.24, 2.45) is 10.7 Å². The van der Waals surface area contributed by atoms with E-state index in [4.69, 9.17) is 15.2 Å². The van der Waals surface area contributed by atoms with Crippen LogP contribution in [0.3, 0.4) is 0 Å². The van der Waals surface area contributed by atoms with Gasteiger partial charge in [-0.2, -0.15) is 0 Å². The molecule has 0 aliphatic rings. The molecule has 0 radical (unpaired) electrons. The van der Waals surface area contributed by atoms with E-state index in [9.17, 15) is 4.79 Å². The summed E-state index contributed by atoms with van der Waals surface area (Å²) < 4.78 is 9.94. The van der Waals surface area contributed by atoms with Gasteiger partial charge in [-0.05, 0) is 6.07 Å². The van der Waals surface area contributed by atoms with Gasteiger partial charge in [-0.25, -0.2) is 4.99 Å². The molecule has 4 N–H and O–H groups in total. The first-order chi connectivity index (χ1) is 10.2. The lowest BCUT2D eigenvalue weighted by atomic mass is 10.2. The second-order valence-corrected chi connectivity index (χ2v) is 4.26. The first-order valence-electron chi connectivity index (χ1n) is 6.56. The zero-order chi connectivity index (χ0) is 15.5. The second-order valence-electron chi connectivity index (χ2n) is 4.26. The van der Waals surface area contributed by atoms with Gasteiger partial charge >= 0.3 is 0 Å². The molecule has 0 aliphatic heterocycles. The first kappa shape index (κ1) is 16.9. The van der Waals surface area contributed by atoms with Gasteiger partial charge in [-0.1, -0.05) is 18.2 Å². The van der Waals surface area contributed by atoms with E-state index >= 15 is 0 Å². The molecule has 1 rings (SSSR count). The van der Waals surface area contributed by atoms with Crippen LogP contribution in [0.1, 0.15) is 5.56 Å². The molecule has 1 aromatic carbocycles. The molecule has 0 saturated heterocycles. The number of nitrogens with zero attached hydrogens (tertiary/aromatic N) is 1. The smallest absolute Gasteiger partial charge is 0.241 e. The Morgan fingerprint density at radius 3 is 2.76 bits per heavy atom. The van der Waals surface area contributed by atoms with Crippen molar-refractivity contribution in [3.63, 3.8) is 0 Å². The van der Waals surface area contributed by atoms with Crippen LogP contribution in [0.5, 0.6) is 0 Å². The van der Waals surface area contributed by atoms with Gasteiger partial charge in [-0.3, -0.25) is 4.79 Å². The van der Waals surface area contributed by atoms with E-state index in [0.29, 0.717) is 19.8 Å². The standard InChI is InChI=1S/C14H22N4O3/c1-20-8-7-16-13(19)9-17-14(15)18-12-6-4-3-5-11(12)10-21-2/h3-6H,7-10H2,1-2H3,(H,16,19)(H3,15,17,18). The van der Waals surface area contributed by atoms with Crippen LogP contribution in [0.15, 0.2) is 29.3 Å². The maximum Gasteiger partial charge on any atom is 0.241 e. The van der Waals surface area contributed by atoms with E-state index in [0.717, 1.165) is 11.3 Å². The molecule has 1 aromatic rings. The predicted octanol–water partition coefficient (Wildman–Crippen LogP) is 0.322. The maximum atomic E-state index is 11.5. The Kier molecular flexibility index (Phi) is 7.85. The third-order valence-electron chi connectivity index (χ3n) is 2.60. The average Bonchev–Trinajstić information content (AvgIpc) is 2.48. The highest BCUT2D eigenvalue weighted by Gasteiger charge is 2.03. The summed E-state index contributed by atoms with van der Waals surface area (Å²) >= 11 is 0. The van der Waals surface area contributed by atoms with E-state index < -0.39 is 0 Å². The van der Waals surface area contributed by atoms with Gasteiger partial charge in [0, 0.05) is 32.0 Å². The number of anilines is 1. The largest absolute Gasteiger partial charge is 0.383 e. The van der Waals surface area contributed by atoms with Crippen molar-refractivity contribution in [2.45, 2.75) is 6.61 Å². The van der Waals surface area contributed by atoms with Gasteiger partial charge in [0.1, 0.15) is 6.54 Å². The fourth-order valence-corrected chi connectivity index (χ4v) is 1.61. The van der Waals surface area contributed by atoms with Crippen LogP contribution in [0, 0.1) is 0 Å². The number of methoxy groups -OCH3 is 2. The van der Waals surface area contributed by atoms with Crippen LogP contribution >= 0.6 is 0 Å². The van der Waals surface area contributed by atoms with Crippen LogP contribution in [0.4, 0.5) is 5.69 Å². The van der Waals surface area contributed by atoms with Gasteiger partial charge in [-0.15, -0.1) is 0 Å². The molecule has 0 fully saturated rings.